The second-order valence-electron chi connectivity index (χ2n) is 2.36. The highest BCUT2D eigenvalue weighted by atomic mass is 35.5. The Kier molecular flexibility index (Phi) is 4.86. The van der Waals surface area contributed by atoms with E-state index in [1.807, 2.05) is 6.92 Å². The van der Waals surface area contributed by atoms with Gasteiger partial charge in [-0.05, 0) is 6.42 Å². The van der Waals surface area contributed by atoms with Crippen molar-refractivity contribution in [2.24, 2.45) is 0 Å². The molecule has 0 radical (unpaired) electrons. The van der Waals surface area contributed by atoms with Gasteiger partial charge >= 0.3 is 5.97 Å². The highest BCUT2D eigenvalue weighted by molar-refractivity contribution is 6.49. The van der Waals surface area contributed by atoms with Crippen LogP contribution in [-0.2, 0) is 9.53 Å². The topological polar surface area (TPSA) is 26.3 Å². The highest BCUT2D eigenvalue weighted by Crippen LogP contribution is 2.30. The minimum absolute atomic E-state index is 0.0560. The van der Waals surface area contributed by atoms with Crippen molar-refractivity contribution in [1.82, 2.24) is 0 Å². The van der Waals surface area contributed by atoms with E-state index in [4.69, 9.17) is 23.2 Å². The maximum Gasteiger partial charge on any atom is 0.308 e. The van der Waals surface area contributed by atoms with Gasteiger partial charge in [0.25, 0.3) is 0 Å². The van der Waals surface area contributed by atoms with E-state index in [2.05, 4.69) is 4.74 Å². The normalized spacial score (nSPS) is 11.3. The van der Waals surface area contributed by atoms with E-state index in [9.17, 15) is 4.79 Å². The zero-order valence-electron chi connectivity index (χ0n) is 6.69. The first-order chi connectivity index (χ1) is 5.02. The molecule has 0 rings (SSSR count). The van der Waals surface area contributed by atoms with Crippen LogP contribution in [0.15, 0.2) is 0 Å². The first-order valence-electron chi connectivity index (χ1n) is 3.46. The molecule has 4 heteroatoms. The average Bonchev–Trinajstić information content (AvgIpc) is 1.86. The summed E-state index contributed by atoms with van der Waals surface area (Å²) in [6, 6.07) is 0. The van der Waals surface area contributed by atoms with Crippen LogP contribution in [-0.4, -0.2) is 17.4 Å². The van der Waals surface area contributed by atoms with Crippen LogP contribution >= 0.6 is 23.2 Å². The quantitative estimate of drug-likeness (QED) is 0.513. The number of ether oxygens (including phenoxy) is 1. The Morgan fingerprint density at radius 2 is 2.09 bits per heavy atom. The SMILES string of the molecule is CCCC(Cl)(Cl)CC(=O)OC. The molecule has 0 aromatic rings. The summed E-state index contributed by atoms with van der Waals surface area (Å²) in [6.07, 6.45) is 1.51. The summed E-state index contributed by atoms with van der Waals surface area (Å²) in [7, 11) is 1.32. The Morgan fingerprint density at radius 1 is 1.55 bits per heavy atom. The smallest absolute Gasteiger partial charge is 0.308 e. The Labute approximate surface area is 76.8 Å². The first kappa shape index (κ1) is 11.1. The molecule has 0 saturated carbocycles. The minimum Gasteiger partial charge on any atom is -0.469 e. The fourth-order valence-electron chi connectivity index (χ4n) is 0.737. The lowest BCUT2D eigenvalue weighted by Gasteiger charge is -2.16. The molecule has 0 aliphatic carbocycles. The van der Waals surface area contributed by atoms with E-state index in [0.717, 1.165) is 6.42 Å². The number of alkyl halides is 2. The summed E-state index contributed by atoms with van der Waals surface area (Å²) in [5.41, 5.74) is 0. The average molecular weight is 199 g/mol. The van der Waals surface area contributed by atoms with Crippen molar-refractivity contribution < 1.29 is 9.53 Å². The van der Waals surface area contributed by atoms with Gasteiger partial charge < -0.3 is 4.74 Å². The van der Waals surface area contributed by atoms with Crippen molar-refractivity contribution in [3.8, 4) is 0 Å². The van der Waals surface area contributed by atoms with Gasteiger partial charge in [0.1, 0.15) is 4.33 Å². The van der Waals surface area contributed by atoms with Crippen molar-refractivity contribution in [1.29, 1.82) is 0 Å². The summed E-state index contributed by atoms with van der Waals surface area (Å²) in [6.45, 7) is 1.96. The molecule has 0 aliphatic rings. The number of hydrogen-bond donors (Lipinski definition) is 0. The largest absolute Gasteiger partial charge is 0.469 e. The van der Waals surface area contributed by atoms with Crippen LogP contribution in [0, 0.1) is 0 Å². The molecule has 0 saturated heterocycles. The molecule has 0 fully saturated rings. The van der Waals surface area contributed by atoms with Crippen LogP contribution in [0.3, 0.4) is 0 Å². The van der Waals surface area contributed by atoms with Crippen LogP contribution < -0.4 is 0 Å². The molecule has 11 heavy (non-hydrogen) atoms. The van der Waals surface area contributed by atoms with Gasteiger partial charge in [0, 0.05) is 0 Å². The number of halogens is 2. The number of methoxy groups -OCH3 is 1. The standard InChI is InChI=1S/C7H12Cl2O2/c1-3-4-7(8,9)5-6(10)11-2/h3-5H2,1-2H3. The number of carbonyl (C=O) groups is 1. The summed E-state index contributed by atoms with van der Waals surface area (Å²) < 4.78 is 3.47. The lowest BCUT2D eigenvalue weighted by molar-refractivity contribution is -0.140. The van der Waals surface area contributed by atoms with Crippen molar-refractivity contribution in [2.45, 2.75) is 30.5 Å². The monoisotopic (exact) mass is 198 g/mol. The Bertz CT molecular complexity index is 134. The lowest BCUT2D eigenvalue weighted by Crippen LogP contribution is -2.18. The van der Waals surface area contributed by atoms with Gasteiger partial charge in [0.2, 0.25) is 0 Å². The molecule has 66 valence electrons. The van der Waals surface area contributed by atoms with E-state index in [0.29, 0.717) is 6.42 Å². The Hall–Kier alpha value is 0.0500. The van der Waals surface area contributed by atoms with Gasteiger partial charge in [0.15, 0.2) is 0 Å². The van der Waals surface area contributed by atoms with Gasteiger partial charge in [0.05, 0.1) is 13.5 Å². The molecule has 0 N–H and O–H groups in total. The molecule has 0 unspecified atom stereocenters. The molecular weight excluding hydrogens is 187 g/mol. The Balaban J connectivity index is 3.80. The maximum atomic E-state index is 10.7. The molecular formula is C7H12Cl2O2. The minimum atomic E-state index is -0.957. The number of rotatable bonds is 4. The fraction of sp³-hybridized carbons (Fsp3) is 0.857. The molecule has 0 aliphatic heterocycles. The van der Waals surface area contributed by atoms with Crippen LogP contribution in [0.25, 0.3) is 0 Å². The van der Waals surface area contributed by atoms with E-state index >= 15 is 0 Å². The van der Waals surface area contributed by atoms with E-state index in [1.165, 1.54) is 7.11 Å². The zero-order valence-corrected chi connectivity index (χ0v) is 8.21. The fourth-order valence-corrected chi connectivity index (χ4v) is 1.33. The zero-order chi connectivity index (χ0) is 8.91. The third kappa shape index (κ3) is 5.33. The van der Waals surface area contributed by atoms with Crippen LogP contribution in [0.5, 0.6) is 0 Å². The van der Waals surface area contributed by atoms with Crippen molar-refractivity contribution in [3.05, 3.63) is 0 Å². The molecule has 0 heterocycles. The van der Waals surface area contributed by atoms with E-state index in [-0.39, 0.29) is 12.4 Å². The number of carbonyl (C=O) groups excluding carboxylic acids is 1. The molecule has 2 nitrogen and oxygen atoms in total. The molecule has 0 amide bonds. The van der Waals surface area contributed by atoms with Gasteiger partial charge in [-0.2, -0.15) is 0 Å². The molecule has 0 aromatic carbocycles. The van der Waals surface area contributed by atoms with Crippen LogP contribution in [0.1, 0.15) is 26.2 Å². The van der Waals surface area contributed by atoms with Gasteiger partial charge in [-0.3, -0.25) is 4.79 Å². The second kappa shape index (κ2) is 4.83. The van der Waals surface area contributed by atoms with Gasteiger partial charge in [-0.1, -0.05) is 13.3 Å². The lowest BCUT2D eigenvalue weighted by atomic mass is 10.2. The van der Waals surface area contributed by atoms with Crippen LogP contribution in [0.4, 0.5) is 0 Å². The maximum absolute atomic E-state index is 10.7. The summed E-state index contributed by atoms with van der Waals surface area (Å²) >= 11 is 11.5. The van der Waals surface area contributed by atoms with Gasteiger partial charge in [-0.25, -0.2) is 0 Å². The van der Waals surface area contributed by atoms with Gasteiger partial charge in [-0.15, -0.1) is 23.2 Å². The predicted molar refractivity (Wildman–Crippen MR) is 46.0 cm³/mol. The third-order valence-corrected chi connectivity index (χ3v) is 1.89. The molecule has 0 atom stereocenters. The van der Waals surface area contributed by atoms with E-state index in [1.54, 1.807) is 0 Å². The highest BCUT2D eigenvalue weighted by Gasteiger charge is 2.26. The molecule has 0 bridgehead atoms. The second-order valence-corrected chi connectivity index (χ2v) is 4.00. The number of hydrogen-bond acceptors (Lipinski definition) is 2. The molecule has 0 spiro atoms. The first-order valence-corrected chi connectivity index (χ1v) is 4.22. The van der Waals surface area contributed by atoms with Crippen molar-refractivity contribution >= 4 is 29.2 Å². The van der Waals surface area contributed by atoms with Crippen molar-refractivity contribution in [3.63, 3.8) is 0 Å². The summed E-state index contributed by atoms with van der Waals surface area (Å²) in [4.78, 5) is 10.7. The van der Waals surface area contributed by atoms with E-state index < -0.39 is 4.33 Å². The van der Waals surface area contributed by atoms with Crippen molar-refractivity contribution in [2.75, 3.05) is 7.11 Å². The van der Waals surface area contributed by atoms with Crippen LogP contribution in [0.2, 0.25) is 0 Å². The predicted octanol–water partition coefficient (Wildman–Crippen LogP) is 2.52. The number of esters is 1. The Morgan fingerprint density at radius 3 is 2.45 bits per heavy atom. The summed E-state index contributed by atoms with van der Waals surface area (Å²) in [5, 5.41) is 0. The molecule has 0 aromatic heterocycles. The summed E-state index contributed by atoms with van der Waals surface area (Å²) in [5.74, 6) is -0.372. The third-order valence-electron chi connectivity index (χ3n) is 1.25.